The largest absolute Gasteiger partial charge is 0.474 e. The zero-order valence-corrected chi connectivity index (χ0v) is 16.4. The first-order chi connectivity index (χ1) is 12.1. The molecule has 1 fully saturated rings. The highest BCUT2D eigenvalue weighted by atomic mass is 32.2. The molecule has 136 valence electrons. The molecule has 0 unspecified atom stereocenters. The van der Waals surface area contributed by atoms with Gasteiger partial charge in [0.1, 0.15) is 6.10 Å². The average Bonchev–Trinajstić information content (AvgIpc) is 3.42. The van der Waals surface area contributed by atoms with E-state index < -0.39 is 0 Å². The quantitative estimate of drug-likeness (QED) is 0.626. The molecule has 0 aromatic carbocycles. The van der Waals surface area contributed by atoms with Gasteiger partial charge >= 0.3 is 0 Å². The lowest BCUT2D eigenvalue weighted by Crippen LogP contribution is -2.40. The van der Waals surface area contributed by atoms with Crippen LogP contribution in [0.15, 0.2) is 44.7 Å². The lowest BCUT2D eigenvalue weighted by atomic mass is 10.1. The van der Waals surface area contributed by atoms with Gasteiger partial charge in [0.25, 0.3) is 0 Å². The first-order valence-corrected chi connectivity index (χ1v) is 10.3. The van der Waals surface area contributed by atoms with E-state index in [9.17, 15) is 0 Å². The monoisotopic (exact) mass is 359 g/mol. The van der Waals surface area contributed by atoms with Crippen LogP contribution in [0.1, 0.15) is 46.5 Å². The maximum atomic E-state index is 6.25. The maximum absolute atomic E-state index is 6.25. The molecule has 4 nitrogen and oxygen atoms in total. The first kappa shape index (κ1) is 18.5. The predicted molar refractivity (Wildman–Crippen MR) is 108 cm³/mol. The Balaban J connectivity index is 1.49. The molecule has 5 heteroatoms. The van der Waals surface area contributed by atoms with E-state index in [1.807, 2.05) is 24.2 Å². The zero-order valence-electron chi connectivity index (χ0n) is 15.6. The summed E-state index contributed by atoms with van der Waals surface area (Å²) in [4.78, 5) is 12.8. The number of piperidine rings is 1. The number of rotatable bonds is 7. The standard InChI is InChI=1S/C20H29N3OS/c1-15(2)23-12-8-19(9-13-23)24-20-16(3)25-14-18(22-20)7-11-21-10-6-17-4-5-17/h4,6,10-11,15,19H,5,7-9,12-14H2,1-3H3/b10-6-,21-11?. The molecule has 0 amide bonds. The molecule has 0 spiro atoms. The van der Waals surface area contributed by atoms with Gasteiger partial charge in [0, 0.05) is 54.3 Å². The van der Waals surface area contributed by atoms with Crippen molar-refractivity contribution in [2.75, 3.05) is 18.8 Å². The lowest BCUT2D eigenvalue weighted by molar-refractivity contribution is 0.0392. The molecule has 25 heavy (non-hydrogen) atoms. The molecule has 0 aromatic rings. The van der Waals surface area contributed by atoms with Gasteiger partial charge in [-0.3, -0.25) is 4.99 Å². The van der Waals surface area contributed by atoms with Gasteiger partial charge in [-0.15, -0.1) is 11.8 Å². The fraction of sp³-hybridized carbons (Fsp3) is 0.600. The maximum Gasteiger partial charge on any atom is 0.223 e. The Labute approximate surface area is 155 Å². The first-order valence-electron chi connectivity index (χ1n) is 9.30. The normalized spacial score (nSPS) is 22.9. The summed E-state index contributed by atoms with van der Waals surface area (Å²) >= 11 is 1.83. The van der Waals surface area contributed by atoms with E-state index in [1.165, 1.54) is 10.5 Å². The van der Waals surface area contributed by atoms with Crippen LogP contribution in [0.4, 0.5) is 0 Å². The summed E-state index contributed by atoms with van der Waals surface area (Å²) in [5.74, 6) is 1.77. The molecule has 0 saturated carbocycles. The number of hydrogen-bond donors (Lipinski definition) is 0. The van der Waals surface area contributed by atoms with Crippen LogP contribution in [0.25, 0.3) is 0 Å². The summed E-state index contributed by atoms with van der Waals surface area (Å²) in [5.41, 5.74) is 2.52. The minimum atomic E-state index is 0.298. The van der Waals surface area contributed by atoms with Gasteiger partial charge in [0.2, 0.25) is 5.88 Å². The fourth-order valence-electron chi connectivity index (χ4n) is 2.94. The van der Waals surface area contributed by atoms with Crippen LogP contribution in [-0.2, 0) is 4.74 Å². The molecule has 3 aliphatic rings. The van der Waals surface area contributed by atoms with Crippen molar-refractivity contribution in [3.8, 4) is 0 Å². The summed E-state index contributed by atoms with van der Waals surface area (Å²) in [7, 11) is 0. The van der Waals surface area contributed by atoms with Gasteiger partial charge in [0.15, 0.2) is 0 Å². The summed E-state index contributed by atoms with van der Waals surface area (Å²) in [5, 5.41) is 0. The van der Waals surface area contributed by atoms with Crippen molar-refractivity contribution >= 4 is 23.7 Å². The molecule has 2 aliphatic heterocycles. The second-order valence-electron chi connectivity index (χ2n) is 7.11. The third kappa shape index (κ3) is 5.86. The summed E-state index contributed by atoms with van der Waals surface area (Å²) in [6.07, 6.45) is 12.5. The third-order valence-electron chi connectivity index (χ3n) is 4.75. The topological polar surface area (TPSA) is 37.2 Å². The molecular formula is C20H29N3OS. The molecule has 0 aromatic heterocycles. The van der Waals surface area contributed by atoms with Crippen molar-refractivity contribution in [3.63, 3.8) is 0 Å². The Bertz CT molecular complexity index is 623. The summed E-state index contributed by atoms with van der Waals surface area (Å²) in [6.45, 7) is 8.88. The van der Waals surface area contributed by atoms with E-state index in [2.05, 4.69) is 42.8 Å². The average molecular weight is 360 g/mol. The van der Waals surface area contributed by atoms with E-state index in [0.717, 1.165) is 56.1 Å². The number of thioether (sulfide) groups is 1. The number of allylic oxidation sites excluding steroid dienone is 4. The smallest absolute Gasteiger partial charge is 0.223 e. The van der Waals surface area contributed by atoms with Crippen molar-refractivity contribution in [1.29, 1.82) is 0 Å². The van der Waals surface area contributed by atoms with Gasteiger partial charge in [-0.2, -0.15) is 0 Å². The Hall–Kier alpha value is -1.33. The van der Waals surface area contributed by atoms with Gasteiger partial charge in [-0.05, 0) is 51.7 Å². The Morgan fingerprint density at radius 2 is 2.16 bits per heavy atom. The third-order valence-corrected chi connectivity index (χ3v) is 5.83. The highest BCUT2D eigenvalue weighted by molar-refractivity contribution is 8.03. The van der Waals surface area contributed by atoms with Crippen molar-refractivity contribution in [1.82, 2.24) is 4.90 Å². The molecule has 0 bridgehead atoms. The van der Waals surface area contributed by atoms with E-state index in [-0.39, 0.29) is 0 Å². The van der Waals surface area contributed by atoms with Gasteiger partial charge in [-0.1, -0.05) is 6.08 Å². The van der Waals surface area contributed by atoms with Crippen molar-refractivity contribution in [2.45, 2.75) is 58.6 Å². The van der Waals surface area contributed by atoms with Crippen LogP contribution >= 0.6 is 11.8 Å². The van der Waals surface area contributed by atoms with Gasteiger partial charge in [-0.25, -0.2) is 4.99 Å². The molecule has 0 radical (unpaired) electrons. The zero-order chi connectivity index (χ0) is 17.6. The van der Waals surface area contributed by atoms with E-state index >= 15 is 0 Å². The molecule has 1 saturated heterocycles. The molecule has 0 atom stereocenters. The minimum absolute atomic E-state index is 0.298. The highest BCUT2D eigenvalue weighted by Gasteiger charge is 2.24. The van der Waals surface area contributed by atoms with E-state index in [4.69, 9.17) is 9.73 Å². The van der Waals surface area contributed by atoms with Crippen LogP contribution in [0.5, 0.6) is 0 Å². The summed E-state index contributed by atoms with van der Waals surface area (Å²) < 4.78 is 6.25. The number of likely N-dealkylation sites (tertiary alicyclic amines) is 1. The predicted octanol–water partition coefficient (Wildman–Crippen LogP) is 4.56. The van der Waals surface area contributed by atoms with Gasteiger partial charge in [0.05, 0.1) is 0 Å². The molecular weight excluding hydrogens is 330 g/mol. The van der Waals surface area contributed by atoms with Crippen LogP contribution < -0.4 is 0 Å². The Kier molecular flexibility index (Phi) is 6.54. The lowest BCUT2D eigenvalue weighted by Gasteiger charge is -2.35. The van der Waals surface area contributed by atoms with Crippen molar-refractivity contribution in [2.24, 2.45) is 9.98 Å². The number of ether oxygens (including phenoxy) is 1. The van der Waals surface area contributed by atoms with Crippen LogP contribution in [0, 0.1) is 0 Å². The second-order valence-corrected chi connectivity index (χ2v) is 8.30. The second kappa shape index (κ2) is 8.86. The molecule has 0 N–H and O–H groups in total. The number of hydrogen-bond acceptors (Lipinski definition) is 5. The van der Waals surface area contributed by atoms with Gasteiger partial charge < -0.3 is 9.64 Å². The Morgan fingerprint density at radius 3 is 2.84 bits per heavy atom. The molecule has 1 aliphatic carbocycles. The highest BCUT2D eigenvalue weighted by Crippen LogP contribution is 2.29. The van der Waals surface area contributed by atoms with Crippen LogP contribution in [0.2, 0.25) is 0 Å². The minimum Gasteiger partial charge on any atom is -0.474 e. The van der Waals surface area contributed by atoms with E-state index in [0.29, 0.717) is 12.1 Å². The fourth-order valence-corrected chi connectivity index (χ4v) is 3.73. The van der Waals surface area contributed by atoms with Crippen LogP contribution in [-0.4, -0.2) is 47.8 Å². The summed E-state index contributed by atoms with van der Waals surface area (Å²) in [6, 6.07) is 0.626. The Morgan fingerprint density at radius 1 is 1.40 bits per heavy atom. The SMILES string of the molecule is CC1=C(OC2CCN(C(C)C)CC2)N=C(CC=N/C=C\C2=CC2)CS1. The van der Waals surface area contributed by atoms with E-state index in [1.54, 1.807) is 0 Å². The van der Waals surface area contributed by atoms with Crippen molar-refractivity contribution < 1.29 is 4.74 Å². The molecule has 3 rings (SSSR count). The number of aliphatic imine (C=N–C) groups is 2. The number of nitrogens with zero attached hydrogens (tertiary/aromatic N) is 3. The molecule has 2 heterocycles. The van der Waals surface area contributed by atoms with Crippen LogP contribution in [0.3, 0.4) is 0 Å². The van der Waals surface area contributed by atoms with Crippen molar-refractivity contribution in [3.05, 3.63) is 34.7 Å².